The third-order valence-electron chi connectivity index (χ3n) is 2.26. The van der Waals surface area contributed by atoms with Gasteiger partial charge in [0, 0.05) is 0 Å². The van der Waals surface area contributed by atoms with E-state index in [0.717, 1.165) is 0 Å². The molecule has 74 valence electrons. The summed E-state index contributed by atoms with van der Waals surface area (Å²) < 4.78 is 0. The van der Waals surface area contributed by atoms with Crippen LogP contribution in [0.25, 0.3) is 0 Å². The SMILES string of the molecule is Cc1ccc([P+](=S)c2ccccc2)cc1. The second-order valence-corrected chi connectivity index (χ2v) is 6.18. The van der Waals surface area contributed by atoms with E-state index in [9.17, 15) is 0 Å². The third-order valence-corrected chi connectivity index (χ3v) is 5.06. The molecule has 0 aromatic heterocycles. The van der Waals surface area contributed by atoms with Crippen LogP contribution in [0.5, 0.6) is 0 Å². The summed E-state index contributed by atoms with van der Waals surface area (Å²) in [6.45, 7) is 1.50. The molecule has 0 heterocycles. The van der Waals surface area contributed by atoms with Crippen LogP contribution in [0.4, 0.5) is 0 Å². The van der Waals surface area contributed by atoms with Crippen molar-refractivity contribution in [2.45, 2.75) is 6.92 Å². The van der Waals surface area contributed by atoms with Gasteiger partial charge >= 0.3 is 0 Å². The second kappa shape index (κ2) is 4.65. The van der Waals surface area contributed by atoms with Crippen molar-refractivity contribution >= 4 is 29.1 Å². The summed E-state index contributed by atoms with van der Waals surface area (Å²) in [7, 11) is 0. The summed E-state index contributed by atoms with van der Waals surface area (Å²) in [5.41, 5.74) is 1.28. The molecule has 0 aliphatic rings. The van der Waals surface area contributed by atoms with E-state index in [-0.39, 0.29) is 0 Å². The first-order valence-corrected chi connectivity index (χ1v) is 7.22. The molecule has 0 amide bonds. The van der Waals surface area contributed by atoms with E-state index in [1.165, 1.54) is 16.2 Å². The van der Waals surface area contributed by atoms with Crippen LogP contribution >= 0.6 is 6.70 Å². The summed E-state index contributed by atoms with van der Waals surface area (Å²) in [6, 6.07) is 18.9. The number of hydrogen-bond donors (Lipinski definition) is 0. The molecular formula is C13H12PS+. The van der Waals surface area contributed by atoms with Gasteiger partial charge in [-0.1, -0.05) is 35.9 Å². The normalized spacial score (nSPS) is 11.1. The van der Waals surface area contributed by atoms with Gasteiger partial charge in [0.1, 0.15) is 0 Å². The molecule has 0 aliphatic heterocycles. The van der Waals surface area contributed by atoms with Crippen LogP contribution in [0.1, 0.15) is 5.56 Å². The van der Waals surface area contributed by atoms with E-state index >= 15 is 0 Å². The smallest absolute Gasteiger partial charge is 0.0619 e. The van der Waals surface area contributed by atoms with Gasteiger partial charge in [-0.25, -0.2) is 0 Å². The zero-order chi connectivity index (χ0) is 10.7. The Labute approximate surface area is 96.4 Å². The average molecular weight is 231 g/mol. The molecule has 2 rings (SSSR count). The Morgan fingerprint density at radius 1 is 0.800 bits per heavy atom. The van der Waals surface area contributed by atoms with Crippen LogP contribution in [0, 0.1) is 6.92 Å². The molecule has 2 heteroatoms. The lowest BCUT2D eigenvalue weighted by Crippen LogP contribution is -2.05. The highest BCUT2D eigenvalue weighted by Crippen LogP contribution is 2.19. The molecule has 0 fully saturated rings. The molecule has 15 heavy (non-hydrogen) atoms. The highest BCUT2D eigenvalue weighted by molar-refractivity contribution is 8.12. The second-order valence-electron chi connectivity index (χ2n) is 3.47. The highest BCUT2D eigenvalue weighted by Gasteiger charge is 2.16. The van der Waals surface area contributed by atoms with Gasteiger partial charge in [-0.3, -0.25) is 0 Å². The predicted molar refractivity (Wildman–Crippen MR) is 71.2 cm³/mol. The molecule has 1 atom stereocenters. The molecule has 0 aliphatic carbocycles. The molecule has 0 bridgehead atoms. The van der Waals surface area contributed by atoms with Gasteiger partial charge in [-0.15, -0.1) is 0 Å². The molecule has 2 aromatic rings. The zero-order valence-electron chi connectivity index (χ0n) is 8.55. The fourth-order valence-electron chi connectivity index (χ4n) is 1.39. The maximum atomic E-state index is 5.58. The Bertz CT molecular complexity index is 460. The minimum absolute atomic E-state index is 0.600. The van der Waals surface area contributed by atoms with Gasteiger partial charge in [0.05, 0.1) is 0 Å². The summed E-state index contributed by atoms with van der Waals surface area (Å²) >= 11 is 5.58. The Balaban J connectivity index is 2.33. The number of rotatable bonds is 2. The summed E-state index contributed by atoms with van der Waals surface area (Å²) in [5.74, 6) is 0. The molecule has 0 N–H and O–H groups in total. The lowest BCUT2D eigenvalue weighted by Gasteiger charge is -1.93. The first kappa shape index (κ1) is 10.5. The van der Waals surface area contributed by atoms with Crippen LogP contribution in [0.15, 0.2) is 54.6 Å². The molecule has 0 saturated carbocycles. The van der Waals surface area contributed by atoms with Crippen LogP contribution in [0.3, 0.4) is 0 Å². The van der Waals surface area contributed by atoms with Crippen molar-refractivity contribution < 1.29 is 0 Å². The van der Waals surface area contributed by atoms with Gasteiger partial charge < -0.3 is 0 Å². The highest BCUT2D eigenvalue weighted by atomic mass is 32.4. The van der Waals surface area contributed by atoms with Crippen molar-refractivity contribution in [2.75, 3.05) is 0 Å². The zero-order valence-corrected chi connectivity index (χ0v) is 10.3. The lowest BCUT2D eigenvalue weighted by atomic mass is 10.2. The molecule has 1 unspecified atom stereocenters. The molecule has 0 spiro atoms. The van der Waals surface area contributed by atoms with Gasteiger partial charge in [0.15, 0.2) is 22.4 Å². The predicted octanol–water partition coefficient (Wildman–Crippen LogP) is 2.89. The van der Waals surface area contributed by atoms with E-state index in [2.05, 4.69) is 43.3 Å². The minimum atomic E-state index is -0.600. The van der Waals surface area contributed by atoms with Crippen LogP contribution in [-0.4, -0.2) is 0 Å². The monoisotopic (exact) mass is 231 g/mol. The molecular weight excluding hydrogens is 219 g/mol. The topological polar surface area (TPSA) is 0 Å². The van der Waals surface area contributed by atoms with Gasteiger partial charge in [0.25, 0.3) is 0 Å². The van der Waals surface area contributed by atoms with Crippen LogP contribution in [0.2, 0.25) is 0 Å². The largest absolute Gasteiger partial charge is 0.250 e. The standard InChI is InChI=1S/C13H12PS/c1-11-7-9-13(10-8-11)14(15)12-5-3-2-4-6-12/h2-10H,1H3/q+1. The van der Waals surface area contributed by atoms with Gasteiger partial charge in [-0.05, 0) is 31.2 Å². The van der Waals surface area contributed by atoms with Crippen LogP contribution < -0.4 is 10.6 Å². The summed E-state index contributed by atoms with van der Waals surface area (Å²) in [4.78, 5) is 0. The minimum Gasteiger partial charge on any atom is -0.0619 e. The number of aryl methyl sites for hydroxylation is 1. The molecule has 0 saturated heterocycles. The van der Waals surface area contributed by atoms with Crippen molar-refractivity contribution in [1.82, 2.24) is 0 Å². The first-order valence-electron chi connectivity index (χ1n) is 4.86. The Kier molecular flexibility index (Phi) is 3.25. The van der Waals surface area contributed by atoms with Crippen molar-refractivity contribution in [1.29, 1.82) is 0 Å². The maximum absolute atomic E-state index is 5.58. The van der Waals surface area contributed by atoms with E-state index in [1.807, 2.05) is 18.2 Å². The van der Waals surface area contributed by atoms with E-state index in [0.29, 0.717) is 0 Å². The van der Waals surface area contributed by atoms with Gasteiger partial charge in [0.2, 0.25) is 6.70 Å². The quantitative estimate of drug-likeness (QED) is 0.716. The van der Waals surface area contributed by atoms with Crippen molar-refractivity contribution in [3.63, 3.8) is 0 Å². The number of hydrogen-bond acceptors (Lipinski definition) is 1. The number of benzene rings is 2. The Hall–Kier alpha value is -1.04. The van der Waals surface area contributed by atoms with Crippen molar-refractivity contribution in [3.8, 4) is 0 Å². The third kappa shape index (κ3) is 2.50. The van der Waals surface area contributed by atoms with E-state index in [4.69, 9.17) is 11.8 Å². The molecule has 0 radical (unpaired) electrons. The van der Waals surface area contributed by atoms with Crippen molar-refractivity contribution in [2.24, 2.45) is 0 Å². The average Bonchev–Trinajstić information content (AvgIpc) is 2.30. The van der Waals surface area contributed by atoms with Crippen LogP contribution in [-0.2, 0) is 11.8 Å². The molecule has 0 nitrogen and oxygen atoms in total. The Morgan fingerprint density at radius 2 is 1.33 bits per heavy atom. The van der Waals surface area contributed by atoms with E-state index in [1.54, 1.807) is 0 Å². The van der Waals surface area contributed by atoms with E-state index < -0.39 is 6.70 Å². The fraction of sp³-hybridized carbons (Fsp3) is 0.0769. The summed E-state index contributed by atoms with van der Waals surface area (Å²) in [6.07, 6.45) is 0. The molecule has 2 aromatic carbocycles. The van der Waals surface area contributed by atoms with Crippen molar-refractivity contribution in [3.05, 3.63) is 60.2 Å². The first-order chi connectivity index (χ1) is 7.27. The fourth-order valence-corrected chi connectivity index (χ4v) is 3.28. The van der Waals surface area contributed by atoms with Gasteiger partial charge in [-0.2, -0.15) is 0 Å². The lowest BCUT2D eigenvalue weighted by molar-refractivity contribution is 1.49. The summed E-state index contributed by atoms with van der Waals surface area (Å²) in [5, 5.41) is 2.52. The maximum Gasteiger partial charge on any atom is 0.250 e. The Morgan fingerprint density at radius 3 is 1.93 bits per heavy atom.